The Kier molecular flexibility index (Phi) is 2.66. The fourth-order valence-corrected chi connectivity index (χ4v) is 2.59. The fourth-order valence-electron chi connectivity index (χ4n) is 0.845. The number of anilines is 2. The van der Waals surface area contributed by atoms with Gasteiger partial charge in [-0.25, -0.2) is 14.7 Å². The topological polar surface area (TPSA) is 124 Å². The molecule has 0 saturated carbocycles. The van der Waals surface area contributed by atoms with E-state index < -0.39 is 10.0 Å². The molecule has 0 radical (unpaired) electrons. The third-order valence-electron chi connectivity index (χ3n) is 1.44. The standard InChI is InChI=1S/C6H6N6O2S2/c7-4-10-11-6(15-4)16(13,14)12-5-8-2-1-3-9-5/h1-3H,(H2,7,10)(H,8,9,12). The molecule has 0 aliphatic carbocycles. The van der Waals surface area contributed by atoms with Crippen molar-refractivity contribution in [2.45, 2.75) is 4.34 Å². The number of hydrogen-bond acceptors (Lipinski definition) is 8. The van der Waals surface area contributed by atoms with Crippen LogP contribution in [-0.4, -0.2) is 28.6 Å². The lowest BCUT2D eigenvalue weighted by atomic mass is 10.7. The average molecular weight is 258 g/mol. The van der Waals surface area contributed by atoms with E-state index in [0.717, 1.165) is 11.3 Å². The van der Waals surface area contributed by atoms with E-state index in [1.807, 2.05) is 0 Å². The number of sulfonamides is 1. The van der Waals surface area contributed by atoms with E-state index in [0.29, 0.717) is 0 Å². The second-order valence-electron chi connectivity index (χ2n) is 2.58. The third kappa shape index (κ3) is 2.23. The summed E-state index contributed by atoms with van der Waals surface area (Å²) in [5.41, 5.74) is 5.29. The van der Waals surface area contributed by atoms with Crippen molar-refractivity contribution in [2.75, 3.05) is 10.5 Å². The highest BCUT2D eigenvalue weighted by Crippen LogP contribution is 2.18. The molecule has 0 aromatic carbocycles. The van der Waals surface area contributed by atoms with Crippen molar-refractivity contribution in [2.24, 2.45) is 0 Å². The van der Waals surface area contributed by atoms with Crippen LogP contribution in [0.3, 0.4) is 0 Å². The minimum atomic E-state index is -3.80. The molecule has 16 heavy (non-hydrogen) atoms. The van der Waals surface area contributed by atoms with Crippen LogP contribution in [0.1, 0.15) is 0 Å². The van der Waals surface area contributed by atoms with Crippen molar-refractivity contribution < 1.29 is 8.42 Å². The van der Waals surface area contributed by atoms with E-state index in [1.165, 1.54) is 12.4 Å². The van der Waals surface area contributed by atoms with Gasteiger partial charge in [-0.15, -0.1) is 10.2 Å². The average Bonchev–Trinajstić information content (AvgIpc) is 2.66. The van der Waals surface area contributed by atoms with Crippen molar-refractivity contribution in [3.05, 3.63) is 18.5 Å². The smallest absolute Gasteiger partial charge is 0.293 e. The van der Waals surface area contributed by atoms with Gasteiger partial charge in [0.15, 0.2) is 0 Å². The number of nitrogens with one attached hydrogen (secondary N) is 1. The summed E-state index contributed by atoms with van der Waals surface area (Å²) >= 11 is 0.763. The molecule has 10 heteroatoms. The largest absolute Gasteiger partial charge is 0.374 e. The lowest BCUT2D eigenvalue weighted by Crippen LogP contribution is -2.14. The maximum Gasteiger partial charge on any atom is 0.293 e. The molecule has 0 aliphatic heterocycles. The quantitative estimate of drug-likeness (QED) is 0.775. The van der Waals surface area contributed by atoms with E-state index in [2.05, 4.69) is 24.9 Å². The molecule has 84 valence electrons. The molecule has 0 amide bonds. The molecule has 0 spiro atoms. The van der Waals surface area contributed by atoms with E-state index in [-0.39, 0.29) is 15.4 Å². The predicted octanol–water partition coefficient (Wildman–Crippen LogP) is -0.289. The molecule has 0 aliphatic rings. The summed E-state index contributed by atoms with van der Waals surface area (Å²) in [6.45, 7) is 0. The molecule has 2 rings (SSSR count). The molecule has 0 bridgehead atoms. The first-order chi connectivity index (χ1) is 7.58. The Hall–Kier alpha value is -1.81. The summed E-state index contributed by atoms with van der Waals surface area (Å²) in [6, 6.07) is 1.57. The minimum Gasteiger partial charge on any atom is -0.374 e. The maximum atomic E-state index is 11.7. The molecule has 0 atom stereocenters. The first-order valence-electron chi connectivity index (χ1n) is 3.97. The Bertz CT molecular complexity index is 580. The van der Waals surface area contributed by atoms with Crippen LogP contribution < -0.4 is 10.5 Å². The Morgan fingerprint density at radius 2 is 1.94 bits per heavy atom. The molecular weight excluding hydrogens is 252 g/mol. The number of aromatic nitrogens is 4. The van der Waals surface area contributed by atoms with Crippen molar-refractivity contribution in [1.82, 2.24) is 20.2 Å². The first kappa shape index (κ1) is 10.7. The van der Waals surface area contributed by atoms with Crippen LogP contribution >= 0.6 is 11.3 Å². The van der Waals surface area contributed by atoms with Crippen LogP contribution in [0.25, 0.3) is 0 Å². The van der Waals surface area contributed by atoms with Gasteiger partial charge in [-0.3, -0.25) is 0 Å². The summed E-state index contributed by atoms with van der Waals surface area (Å²) in [5.74, 6) is -0.0312. The maximum absolute atomic E-state index is 11.7. The number of hydrogen-bond donors (Lipinski definition) is 2. The monoisotopic (exact) mass is 258 g/mol. The SMILES string of the molecule is Nc1nnc(S(=O)(=O)Nc2ncccn2)s1. The highest BCUT2D eigenvalue weighted by molar-refractivity contribution is 7.94. The first-order valence-corrected chi connectivity index (χ1v) is 6.27. The van der Waals surface area contributed by atoms with Gasteiger partial charge >= 0.3 is 0 Å². The molecule has 8 nitrogen and oxygen atoms in total. The number of rotatable bonds is 3. The Balaban J connectivity index is 2.28. The van der Waals surface area contributed by atoms with Crippen LogP contribution in [-0.2, 0) is 10.0 Å². The second kappa shape index (κ2) is 3.98. The third-order valence-corrected chi connectivity index (χ3v) is 3.89. The molecule has 2 aromatic rings. The normalized spacial score (nSPS) is 11.2. The predicted molar refractivity (Wildman–Crippen MR) is 57.2 cm³/mol. The van der Waals surface area contributed by atoms with Gasteiger partial charge in [-0.1, -0.05) is 11.3 Å². The number of nitrogens with two attached hydrogens (primary N) is 1. The van der Waals surface area contributed by atoms with Gasteiger partial charge in [0.1, 0.15) is 0 Å². The van der Waals surface area contributed by atoms with E-state index in [4.69, 9.17) is 5.73 Å². The summed E-state index contributed by atoms with van der Waals surface area (Å²) in [4.78, 5) is 7.44. The van der Waals surface area contributed by atoms with Gasteiger partial charge in [0, 0.05) is 12.4 Å². The van der Waals surface area contributed by atoms with Gasteiger partial charge in [-0.05, 0) is 6.07 Å². The van der Waals surface area contributed by atoms with Crippen LogP contribution in [0.4, 0.5) is 11.1 Å². The van der Waals surface area contributed by atoms with Gasteiger partial charge in [0.05, 0.1) is 0 Å². The Morgan fingerprint density at radius 1 is 1.25 bits per heavy atom. The zero-order valence-corrected chi connectivity index (χ0v) is 9.36. The summed E-state index contributed by atoms with van der Waals surface area (Å²) < 4.78 is 25.3. The molecule has 3 N–H and O–H groups in total. The Labute approximate surface area is 94.6 Å². The van der Waals surface area contributed by atoms with Gasteiger partial charge in [0.25, 0.3) is 14.4 Å². The molecule has 0 saturated heterocycles. The summed E-state index contributed by atoms with van der Waals surface area (Å²) in [6.07, 6.45) is 2.83. The zero-order chi connectivity index (χ0) is 11.6. The highest BCUT2D eigenvalue weighted by Gasteiger charge is 2.20. The van der Waals surface area contributed by atoms with Crippen LogP contribution in [0.2, 0.25) is 0 Å². The van der Waals surface area contributed by atoms with E-state index in [1.54, 1.807) is 6.07 Å². The fraction of sp³-hybridized carbons (Fsp3) is 0. The molecule has 2 heterocycles. The van der Waals surface area contributed by atoms with Crippen LogP contribution in [0.5, 0.6) is 0 Å². The molecule has 0 unspecified atom stereocenters. The summed E-state index contributed by atoms with van der Waals surface area (Å²) in [5, 5.41) is 6.91. The van der Waals surface area contributed by atoms with E-state index in [9.17, 15) is 8.42 Å². The Morgan fingerprint density at radius 3 is 2.50 bits per heavy atom. The second-order valence-corrected chi connectivity index (χ2v) is 5.45. The molecule has 0 fully saturated rings. The van der Waals surface area contributed by atoms with Gasteiger partial charge in [0.2, 0.25) is 11.1 Å². The molecular formula is C6H6N6O2S2. The van der Waals surface area contributed by atoms with Crippen molar-refractivity contribution in [3.63, 3.8) is 0 Å². The lowest BCUT2D eigenvalue weighted by Gasteiger charge is -2.01. The lowest BCUT2D eigenvalue weighted by molar-refractivity contribution is 0.599. The number of nitrogens with zero attached hydrogens (tertiary/aromatic N) is 4. The van der Waals surface area contributed by atoms with Gasteiger partial charge in [-0.2, -0.15) is 8.42 Å². The van der Waals surface area contributed by atoms with Crippen molar-refractivity contribution in [3.8, 4) is 0 Å². The number of nitrogen functional groups attached to an aromatic ring is 1. The van der Waals surface area contributed by atoms with Crippen LogP contribution in [0.15, 0.2) is 22.8 Å². The van der Waals surface area contributed by atoms with E-state index >= 15 is 0 Å². The van der Waals surface area contributed by atoms with Crippen molar-refractivity contribution in [1.29, 1.82) is 0 Å². The zero-order valence-electron chi connectivity index (χ0n) is 7.73. The highest BCUT2D eigenvalue weighted by atomic mass is 32.2. The van der Waals surface area contributed by atoms with Gasteiger partial charge < -0.3 is 5.73 Å². The minimum absolute atomic E-state index is 0.0312. The van der Waals surface area contributed by atoms with Crippen LogP contribution in [0, 0.1) is 0 Å². The summed E-state index contributed by atoms with van der Waals surface area (Å²) in [7, 11) is -3.80. The van der Waals surface area contributed by atoms with Crippen molar-refractivity contribution >= 4 is 32.4 Å². The molecule has 2 aromatic heterocycles.